The molecule has 1 aliphatic heterocycles. The molecule has 0 spiro atoms. The van der Waals surface area contributed by atoms with Gasteiger partial charge in [0.1, 0.15) is 0 Å². The van der Waals surface area contributed by atoms with Gasteiger partial charge in [0.25, 0.3) is 0 Å². The highest BCUT2D eigenvalue weighted by Gasteiger charge is 2.23. The molecule has 0 aliphatic carbocycles. The van der Waals surface area contributed by atoms with Crippen LogP contribution in [0.5, 0.6) is 0 Å². The van der Waals surface area contributed by atoms with Gasteiger partial charge in [-0.2, -0.15) is 0 Å². The first-order valence-electron chi connectivity index (χ1n) is 8.31. The lowest BCUT2D eigenvalue weighted by Crippen LogP contribution is -2.49. The van der Waals surface area contributed by atoms with Crippen LogP contribution in [-0.2, 0) is 11.3 Å². The lowest BCUT2D eigenvalue weighted by atomic mass is 10.1. The number of ether oxygens (including phenoxy) is 1. The standard InChI is InChI=1S/C16H25BrN4O2S/c1-3-18-15(19-10-14-9-12(17)11-24-14)20-13-5-7-21(8-6-13)16(22)23-4-2/h9,11,13H,3-8,10H2,1-2H3,(H2,18,19,20). The Morgan fingerprint density at radius 1 is 1.46 bits per heavy atom. The summed E-state index contributed by atoms with van der Waals surface area (Å²) in [7, 11) is 0. The normalized spacial score (nSPS) is 16.1. The Bertz CT molecular complexity index is 556. The molecule has 6 nitrogen and oxygen atoms in total. The Morgan fingerprint density at radius 3 is 2.79 bits per heavy atom. The number of thiophene rings is 1. The van der Waals surface area contributed by atoms with Gasteiger partial charge in [-0.05, 0) is 48.7 Å². The van der Waals surface area contributed by atoms with E-state index >= 15 is 0 Å². The molecule has 2 rings (SSSR count). The van der Waals surface area contributed by atoms with E-state index in [4.69, 9.17) is 4.74 Å². The molecule has 0 bridgehead atoms. The summed E-state index contributed by atoms with van der Waals surface area (Å²) < 4.78 is 6.15. The first kappa shape index (κ1) is 19.1. The number of rotatable bonds is 5. The number of amides is 1. The zero-order valence-corrected chi connectivity index (χ0v) is 16.6. The van der Waals surface area contributed by atoms with Crippen LogP contribution in [0, 0.1) is 0 Å². The minimum absolute atomic E-state index is 0.209. The number of hydrogen-bond donors (Lipinski definition) is 2. The number of aliphatic imine (C=N–C) groups is 1. The zero-order chi connectivity index (χ0) is 17.4. The van der Waals surface area contributed by atoms with Crippen LogP contribution >= 0.6 is 27.3 Å². The molecule has 0 aromatic carbocycles. The highest BCUT2D eigenvalue weighted by Crippen LogP contribution is 2.20. The van der Waals surface area contributed by atoms with Crippen LogP contribution in [0.2, 0.25) is 0 Å². The largest absolute Gasteiger partial charge is 0.450 e. The van der Waals surface area contributed by atoms with E-state index in [-0.39, 0.29) is 6.09 Å². The summed E-state index contributed by atoms with van der Waals surface area (Å²) in [5, 5.41) is 8.83. The van der Waals surface area contributed by atoms with Gasteiger partial charge in [-0.15, -0.1) is 11.3 Å². The monoisotopic (exact) mass is 416 g/mol. The maximum absolute atomic E-state index is 11.7. The van der Waals surface area contributed by atoms with E-state index in [0.717, 1.165) is 29.8 Å². The van der Waals surface area contributed by atoms with Crippen LogP contribution in [-0.4, -0.2) is 49.2 Å². The SMILES string of the molecule is CCNC(=NCc1cc(Br)cs1)NC1CCN(C(=O)OCC)CC1. The topological polar surface area (TPSA) is 66.0 Å². The van der Waals surface area contributed by atoms with Gasteiger partial charge in [-0.3, -0.25) is 0 Å². The lowest BCUT2D eigenvalue weighted by Gasteiger charge is -2.32. The van der Waals surface area contributed by atoms with Crippen molar-refractivity contribution in [2.45, 2.75) is 39.3 Å². The number of piperidine rings is 1. The van der Waals surface area contributed by atoms with E-state index in [9.17, 15) is 4.79 Å². The fraction of sp³-hybridized carbons (Fsp3) is 0.625. The van der Waals surface area contributed by atoms with Crippen molar-refractivity contribution in [1.29, 1.82) is 0 Å². The second-order valence-electron chi connectivity index (χ2n) is 5.53. The van der Waals surface area contributed by atoms with Gasteiger partial charge < -0.3 is 20.3 Å². The Morgan fingerprint density at radius 2 is 2.21 bits per heavy atom. The average Bonchev–Trinajstić information content (AvgIpc) is 2.99. The number of nitrogens with zero attached hydrogens (tertiary/aromatic N) is 2. The quantitative estimate of drug-likeness (QED) is 0.571. The summed E-state index contributed by atoms with van der Waals surface area (Å²) >= 11 is 5.16. The van der Waals surface area contributed by atoms with E-state index < -0.39 is 0 Å². The van der Waals surface area contributed by atoms with Gasteiger partial charge in [0, 0.05) is 40.4 Å². The van der Waals surface area contributed by atoms with Crippen molar-refractivity contribution in [2.75, 3.05) is 26.2 Å². The molecule has 1 aliphatic rings. The summed E-state index contributed by atoms with van der Waals surface area (Å²) in [4.78, 5) is 19.4. The molecule has 1 aromatic rings. The Balaban J connectivity index is 1.84. The molecule has 24 heavy (non-hydrogen) atoms. The number of hydrogen-bond acceptors (Lipinski definition) is 4. The first-order chi connectivity index (χ1) is 11.6. The van der Waals surface area contributed by atoms with Crippen molar-refractivity contribution in [3.63, 3.8) is 0 Å². The molecule has 0 unspecified atom stereocenters. The average molecular weight is 417 g/mol. The van der Waals surface area contributed by atoms with Crippen molar-refractivity contribution >= 4 is 39.3 Å². The fourth-order valence-corrected chi connectivity index (χ4v) is 3.90. The second kappa shape index (κ2) is 9.88. The maximum Gasteiger partial charge on any atom is 0.409 e. The van der Waals surface area contributed by atoms with E-state index in [2.05, 4.69) is 49.9 Å². The Hall–Kier alpha value is -1.28. The molecule has 8 heteroatoms. The molecule has 1 amide bonds. The Labute approximate surface area is 155 Å². The molecule has 0 atom stereocenters. The van der Waals surface area contributed by atoms with Gasteiger partial charge in [0.15, 0.2) is 5.96 Å². The number of carbonyl (C=O) groups is 1. The van der Waals surface area contributed by atoms with Crippen molar-refractivity contribution in [1.82, 2.24) is 15.5 Å². The molecular weight excluding hydrogens is 392 g/mol. The third-order valence-electron chi connectivity index (χ3n) is 3.72. The third kappa shape index (κ3) is 5.98. The number of likely N-dealkylation sites (tertiary alicyclic amines) is 1. The second-order valence-corrected chi connectivity index (χ2v) is 7.44. The number of carbonyl (C=O) groups excluding carboxylic acids is 1. The third-order valence-corrected chi connectivity index (χ3v) is 5.40. The highest BCUT2D eigenvalue weighted by molar-refractivity contribution is 9.10. The van der Waals surface area contributed by atoms with Crippen LogP contribution in [0.1, 0.15) is 31.6 Å². The van der Waals surface area contributed by atoms with Crippen LogP contribution in [0.4, 0.5) is 4.79 Å². The molecule has 1 aromatic heterocycles. The molecule has 0 saturated carbocycles. The molecule has 1 fully saturated rings. The minimum atomic E-state index is -0.209. The molecule has 134 valence electrons. The molecule has 2 heterocycles. The van der Waals surface area contributed by atoms with Gasteiger partial charge in [-0.1, -0.05) is 0 Å². The van der Waals surface area contributed by atoms with Gasteiger partial charge in [-0.25, -0.2) is 9.79 Å². The van der Waals surface area contributed by atoms with E-state index in [1.165, 1.54) is 4.88 Å². The predicted octanol–water partition coefficient (Wildman–Crippen LogP) is 3.19. The molecule has 0 radical (unpaired) electrons. The number of guanidine groups is 1. The molecule has 2 N–H and O–H groups in total. The van der Waals surface area contributed by atoms with Gasteiger partial charge in [0.05, 0.1) is 13.2 Å². The lowest BCUT2D eigenvalue weighted by molar-refractivity contribution is 0.0963. The number of nitrogens with one attached hydrogen (secondary N) is 2. The fourth-order valence-electron chi connectivity index (χ4n) is 2.53. The van der Waals surface area contributed by atoms with Crippen molar-refractivity contribution in [3.05, 3.63) is 20.8 Å². The number of halogens is 1. The summed E-state index contributed by atoms with van der Waals surface area (Å²) in [6.45, 7) is 7.23. The van der Waals surface area contributed by atoms with E-state index in [1.807, 2.05) is 6.92 Å². The van der Waals surface area contributed by atoms with Crippen LogP contribution in [0.25, 0.3) is 0 Å². The van der Waals surface area contributed by atoms with Crippen LogP contribution < -0.4 is 10.6 Å². The summed E-state index contributed by atoms with van der Waals surface area (Å²) in [5.41, 5.74) is 0. The predicted molar refractivity (Wildman–Crippen MR) is 102 cm³/mol. The summed E-state index contributed by atoms with van der Waals surface area (Å²) in [6.07, 6.45) is 1.58. The minimum Gasteiger partial charge on any atom is -0.450 e. The van der Waals surface area contributed by atoms with E-state index in [1.54, 1.807) is 16.2 Å². The van der Waals surface area contributed by atoms with Crippen LogP contribution in [0.3, 0.4) is 0 Å². The van der Waals surface area contributed by atoms with Crippen LogP contribution in [0.15, 0.2) is 20.9 Å². The summed E-state index contributed by atoms with van der Waals surface area (Å²) in [6, 6.07) is 2.42. The maximum atomic E-state index is 11.7. The molecule has 1 saturated heterocycles. The van der Waals surface area contributed by atoms with Crippen molar-refractivity contribution in [3.8, 4) is 0 Å². The first-order valence-corrected chi connectivity index (χ1v) is 9.99. The van der Waals surface area contributed by atoms with Gasteiger partial charge >= 0.3 is 6.09 Å². The van der Waals surface area contributed by atoms with Crippen molar-refractivity contribution < 1.29 is 9.53 Å². The summed E-state index contributed by atoms with van der Waals surface area (Å²) in [5.74, 6) is 0.830. The van der Waals surface area contributed by atoms with Crippen molar-refractivity contribution in [2.24, 2.45) is 4.99 Å². The van der Waals surface area contributed by atoms with E-state index in [0.29, 0.717) is 32.3 Å². The highest BCUT2D eigenvalue weighted by atomic mass is 79.9. The zero-order valence-electron chi connectivity index (χ0n) is 14.2. The van der Waals surface area contributed by atoms with Gasteiger partial charge in [0.2, 0.25) is 0 Å². The molecular formula is C16H25BrN4O2S. The smallest absolute Gasteiger partial charge is 0.409 e. The Kier molecular flexibility index (Phi) is 7.84.